The lowest BCUT2D eigenvalue weighted by Gasteiger charge is -2.02. The summed E-state index contributed by atoms with van der Waals surface area (Å²) in [6, 6.07) is 10.3. The molecule has 0 fully saturated rings. The Bertz CT molecular complexity index is 1170. The zero-order valence-corrected chi connectivity index (χ0v) is 19.8. The Morgan fingerprint density at radius 1 is 1.03 bits per heavy atom. The molecule has 4 heterocycles. The van der Waals surface area contributed by atoms with E-state index in [1.54, 1.807) is 44.4 Å². The van der Waals surface area contributed by atoms with Crippen LogP contribution in [0.1, 0.15) is 42.3 Å². The second kappa shape index (κ2) is 15.1. The minimum atomic E-state index is -0.550. The first-order chi connectivity index (χ1) is 16.0. The molecule has 8 nitrogen and oxygen atoms in total. The zero-order valence-electron chi connectivity index (χ0n) is 17.5. The van der Waals surface area contributed by atoms with Gasteiger partial charge >= 0.3 is 11.9 Å². The fraction of sp³-hybridized carbons (Fsp3) is 0.238. The smallest absolute Gasteiger partial charge is 0.356 e. The van der Waals surface area contributed by atoms with Gasteiger partial charge in [-0.2, -0.15) is 0 Å². The number of rotatable bonds is 5. The van der Waals surface area contributed by atoms with Gasteiger partial charge in [-0.05, 0) is 60.9 Å². The zero-order chi connectivity index (χ0) is 24.2. The molecule has 34 heavy (non-hydrogen) atoms. The average Bonchev–Trinajstić information content (AvgIpc) is 3.42. The van der Waals surface area contributed by atoms with Gasteiger partial charge in [-0.15, -0.1) is 7.77 Å². The molecule has 0 atom stereocenters. The third kappa shape index (κ3) is 7.61. The SMILES string of the molecule is C.CCOC(=O)c1cc2ncccc2[nH]1.CCOC(=O)c1cc2ncccc2n1SF.FSCl. The van der Waals surface area contributed by atoms with Crippen LogP contribution in [0.25, 0.3) is 22.1 Å². The molecule has 0 saturated carbocycles. The molecule has 0 aliphatic heterocycles. The van der Waals surface area contributed by atoms with Crippen molar-refractivity contribution in [1.82, 2.24) is 18.9 Å². The number of halogens is 3. The van der Waals surface area contributed by atoms with Crippen molar-refractivity contribution in [2.45, 2.75) is 21.3 Å². The van der Waals surface area contributed by atoms with Crippen LogP contribution in [-0.4, -0.2) is 44.1 Å². The van der Waals surface area contributed by atoms with E-state index in [2.05, 4.69) is 25.6 Å². The molecule has 0 aliphatic rings. The van der Waals surface area contributed by atoms with Crippen LogP contribution in [0.2, 0.25) is 0 Å². The van der Waals surface area contributed by atoms with Gasteiger partial charge in [0.15, 0.2) is 23.7 Å². The van der Waals surface area contributed by atoms with Gasteiger partial charge in [-0.25, -0.2) is 13.6 Å². The van der Waals surface area contributed by atoms with E-state index in [-0.39, 0.29) is 49.4 Å². The molecule has 0 radical (unpaired) electrons. The van der Waals surface area contributed by atoms with Crippen LogP contribution in [0.15, 0.2) is 48.8 Å². The maximum atomic E-state index is 12.8. The average molecular weight is 533 g/mol. The molecule has 4 aromatic rings. The third-order valence-electron chi connectivity index (χ3n) is 3.97. The van der Waals surface area contributed by atoms with Crippen molar-refractivity contribution in [1.29, 1.82) is 0 Å². The summed E-state index contributed by atoms with van der Waals surface area (Å²) in [6.07, 6.45) is 3.27. The van der Waals surface area contributed by atoms with Crippen molar-refractivity contribution in [2.75, 3.05) is 13.2 Å². The molecule has 0 bridgehead atoms. The van der Waals surface area contributed by atoms with E-state index >= 15 is 0 Å². The number of hydrogen-bond acceptors (Lipinski definition) is 8. The van der Waals surface area contributed by atoms with E-state index in [0.717, 1.165) is 11.0 Å². The minimum absolute atomic E-state index is 0. The first-order valence-corrected chi connectivity index (χ1v) is 11.6. The van der Waals surface area contributed by atoms with Crippen LogP contribution in [0.3, 0.4) is 0 Å². The van der Waals surface area contributed by atoms with Crippen LogP contribution in [0.5, 0.6) is 0 Å². The second-order valence-electron chi connectivity index (χ2n) is 5.92. The van der Waals surface area contributed by atoms with Crippen LogP contribution in [0, 0.1) is 0 Å². The maximum absolute atomic E-state index is 12.8. The molecule has 1 N–H and O–H groups in total. The normalized spacial score (nSPS) is 9.79. The molecule has 0 amide bonds. The molecule has 0 unspecified atom stereocenters. The van der Waals surface area contributed by atoms with Crippen LogP contribution >= 0.6 is 34.4 Å². The summed E-state index contributed by atoms with van der Waals surface area (Å²) in [5, 5.41) is 0. The monoisotopic (exact) mass is 532 g/mol. The summed E-state index contributed by atoms with van der Waals surface area (Å²) in [7, 11) is 4.25. The molecule has 0 aromatic carbocycles. The summed E-state index contributed by atoms with van der Waals surface area (Å²) >= 11 is -0.316. The van der Waals surface area contributed by atoms with E-state index in [4.69, 9.17) is 9.47 Å². The number of nitrogens with one attached hydrogen (secondary N) is 1. The first-order valence-electron chi connectivity index (χ1n) is 9.43. The Balaban J connectivity index is 0.000000299. The number of ether oxygens (including phenoxy) is 2. The Kier molecular flexibility index (Phi) is 13.0. The minimum Gasteiger partial charge on any atom is -0.461 e. The molecule has 4 aromatic heterocycles. The Hall–Kier alpha value is -2.83. The van der Waals surface area contributed by atoms with Gasteiger partial charge in [0.2, 0.25) is 0 Å². The summed E-state index contributed by atoms with van der Waals surface area (Å²) < 4.78 is 33.6. The summed E-state index contributed by atoms with van der Waals surface area (Å²) in [5.41, 5.74) is 3.34. The lowest BCUT2D eigenvalue weighted by molar-refractivity contribution is 0.0510. The topological polar surface area (TPSA) is 99.1 Å². The fourth-order valence-electron chi connectivity index (χ4n) is 2.71. The van der Waals surface area contributed by atoms with E-state index in [9.17, 15) is 17.4 Å². The highest BCUT2D eigenvalue weighted by Gasteiger charge is 2.17. The number of esters is 2. The summed E-state index contributed by atoms with van der Waals surface area (Å²) in [6.45, 7) is 4.11. The van der Waals surface area contributed by atoms with Crippen molar-refractivity contribution < 1.29 is 26.8 Å². The molecular weight excluding hydrogens is 510 g/mol. The van der Waals surface area contributed by atoms with E-state index in [1.807, 2.05) is 12.1 Å². The third-order valence-corrected chi connectivity index (χ3v) is 4.50. The highest BCUT2D eigenvalue weighted by atomic mass is 35.7. The molecule has 184 valence electrons. The number of nitrogens with zero attached hydrogens (tertiary/aromatic N) is 3. The van der Waals surface area contributed by atoms with Gasteiger partial charge in [-0.3, -0.25) is 9.97 Å². The number of aromatic nitrogens is 4. The highest BCUT2D eigenvalue weighted by molar-refractivity contribution is 8.17. The van der Waals surface area contributed by atoms with Gasteiger partial charge in [0.1, 0.15) is 11.4 Å². The standard InChI is InChI=1S/C10H9FN2O2S.C10H10N2O2.CH4.ClFS/c1-2-15-10(14)9-6-7-8(13(9)16-11)4-3-5-12-7;1-2-14-10(13)9-6-8-7(12-9)4-3-5-11-8;;1-3-2/h3-6H,2H2,1H3;3-6,12H,2H2,1H3;1H4;. The van der Waals surface area contributed by atoms with E-state index in [0.29, 0.717) is 23.3 Å². The fourth-order valence-corrected chi connectivity index (χ4v) is 3.14. The highest BCUT2D eigenvalue weighted by Crippen LogP contribution is 2.24. The van der Waals surface area contributed by atoms with E-state index < -0.39 is 5.97 Å². The number of hydrogen-bond donors (Lipinski definition) is 1. The van der Waals surface area contributed by atoms with Crippen LogP contribution in [-0.2, 0) is 9.47 Å². The van der Waals surface area contributed by atoms with Gasteiger partial charge in [0, 0.05) is 12.4 Å². The largest absolute Gasteiger partial charge is 0.461 e. The predicted octanol–water partition coefficient (Wildman–Crippen LogP) is 6.73. The lowest BCUT2D eigenvalue weighted by atomic mass is 10.4. The number of pyridine rings is 2. The van der Waals surface area contributed by atoms with Crippen molar-refractivity contribution in [3.8, 4) is 0 Å². The number of fused-ring (bicyclic) bond motifs is 2. The summed E-state index contributed by atoms with van der Waals surface area (Å²) in [5.74, 6) is -0.892. The summed E-state index contributed by atoms with van der Waals surface area (Å²) in [4.78, 5) is 34.0. The lowest BCUT2D eigenvalue weighted by Crippen LogP contribution is -2.08. The molecule has 13 heteroatoms. The van der Waals surface area contributed by atoms with Crippen molar-refractivity contribution in [3.05, 3.63) is 60.2 Å². The quantitative estimate of drug-likeness (QED) is 0.282. The van der Waals surface area contributed by atoms with Gasteiger partial charge < -0.3 is 14.5 Å². The second-order valence-corrected chi connectivity index (χ2v) is 6.89. The Morgan fingerprint density at radius 2 is 1.62 bits per heavy atom. The number of carbonyl (C=O) groups is 2. The molecule has 0 saturated heterocycles. The van der Waals surface area contributed by atoms with Crippen LogP contribution < -0.4 is 0 Å². The predicted molar refractivity (Wildman–Crippen MR) is 133 cm³/mol. The van der Waals surface area contributed by atoms with E-state index in [1.165, 1.54) is 10.0 Å². The van der Waals surface area contributed by atoms with Gasteiger partial charge in [0.05, 0.1) is 35.3 Å². The Labute approximate surface area is 208 Å². The molecule has 4 rings (SSSR count). The maximum Gasteiger partial charge on any atom is 0.356 e. The molecule has 0 spiro atoms. The number of carbonyl (C=O) groups excluding carboxylic acids is 2. The van der Waals surface area contributed by atoms with Gasteiger partial charge in [0.25, 0.3) is 0 Å². The van der Waals surface area contributed by atoms with Crippen molar-refractivity contribution >= 4 is 68.4 Å². The number of aromatic amines is 1. The first kappa shape index (κ1) is 29.2. The Morgan fingerprint density at radius 3 is 2.21 bits per heavy atom. The van der Waals surface area contributed by atoms with Gasteiger partial charge in [-0.1, -0.05) is 7.43 Å². The van der Waals surface area contributed by atoms with Crippen molar-refractivity contribution in [3.63, 3.8) is 0 Å². The molecule has 0 aliphatic carbocycles. The van der Waals surface area contributed by atoms with Crippen molar-refractivity contribution in [2.24, 2.45) is 0 Å². The van der Waals surface area contributed by atoms with Crippen LogP contribution in [0.4, 0.5) is 7.77 Å². The molecular formula is C21H23ClF2N4O4S2. The number of H-pyrrole nitrogens is 1.